The Morgan fingerprint density at radius 2 is 1.42 bits per heavy atom. The van der Waals surface area contributed by atoms with Crippen LogP contribution in [0.25, 0.3) is 17.2 Å². The molecule has 0 spiro atoms. The van der Waals surface area contributed by atoms with Gasteiger partial charge in [0.1, 0.15) is 0 Å². The molecule has 1 aliphatic rings. The van der Waals surface area contributed by atoms with E-state index in [4.69, 9.17) is 0 Å². The minimum atomic E-state index is 0.882. The van der Waals surface area contributed by atoms with Gasteiger partial charge in [-0.3, -0.25) is 0 Å². The van der Waals surface area contributed by atoms with Crippen molar-refractivity contribution in [3.8, 4) is 11.1 Å². The third-order valence-electron chi connectivity index (χ3n) is 4.60. The molecule has 0 unspecified atom stereocenters. The summed E-state index contributed by atoms with van der Waals surface area (Å²) in [6, 6.07) is 13.2. The Hall–Kier alpha value is -2.60. The molecule has 1 aliphatic carbocycles. The number of rotatable bonds is 7. The Labute approximate surface area is 145 Å². The van der Waals surface area contributed by atoms with Crippen LogP contribution in [0.1, 0.15) is 28.7 Å². The standard InChI is InChI=1S/C24H24/c1-4-9-18-16-21-14-8-15-22(23(21)17-18)24-19(10-5-2)12-7-13-20(24)11-6-3/h4-8,12-15,17H,1-3,9-11,16H2. The lowest BCUT2D eigenvalue weighted by molar-refractivity contribution is 1.11. The predicted octanol–water partition coefficient (Wildman–Crippen LogP) is 6.33. The smallest absolute Gasteiger partial charge is 0.00545 e. The van der Waals surface area contributed by atoms with Gasteiger partial charge in [0.15, 0.2) is 0 Å². The normalized spacial score (nSPS) is 12.4. The van der Waals surface area contributed by atoms with E-state index in [0.717, 1.165) is 25.7 Å². The highest BCUT2D eigenvalue weighted by atomic mass is 14.2. The lowest BCUT2D eigenvalue weighted by Crippen LogP contribution is -1.97. The van der Waals surface area contributed by atoms with Gasteiger partial charge in [-0.1, -0.05) is 66.3 Å². The number of hydrogen-bond acceptors (Lipinski definition) is 0. The molecule has 0 saturated carbocycles. The summed E-state index contributed by atoms with van der Waals surface area (Å²) in [5, 5.41) is 0. The molecule has 3 rings (SSSR count). The van der Waals surface area contributed by atoms with Crippen LogP contribution in [0.2, 0.25) is 0 Å². The molecule has 0 heterocycles. The van der Waals surface area contributed by atoms with E-state index in [1.54, 1.807) is 0 Å². The zero-order valence-corrected chi connectivity index (χ0v) is 14.2. The average molecular weight is 312 g/mol. The van der Waals surface area contributed by atoms with Gasteiger partial charge in [-0.15, -0.1) is 19.7 Å². The maximum Gasteiger partial charge on any atom is -0.00545 e. The molecule has 0 fully saturated rings. The van der Waals surface area contributed by atoms with E-state index in [1.807, 2.05) is 18.2 Å². The lowest BCUT2D eigenvalue weighted by Gasteiger charge is -2.16. The van der Waals surface area contributed by atoms with Crippen LogP contribution in [0.15, 0.2) is 79.9 Å². The molecule has 2 aromatic carbocycles. The topological polar surface area (TPSA) is 0 Å². The second kappa shape index (κ2) is 7.31. The van der Waals surface area contributed by atoms with E-state index >= 15 is 0 Å². The molecule has 0 bridgehead atoms. The highest BCUT2D eigenvalue weighted by Gasteiger charge is 2.18. The molecule has 0 saturated heterocycles. The van der Waals surface area contributed by atoms with Crippen molar-refractivity contribution >= 4 is 6.08 Å². The Morgan fingerprint density at radius 1 is 0.792 bits per heavy atom. The Balaban J connectivity index is 2.20. The first kappa shape index (κ1) is 16.3. The van der Waals surface area contributed by atoms with Gasteiger partial charge in [0.05, 0.1) is 0 Å². The monoisotopic (exact) mass is 312 g/mol. The number of allylic oxidation sites excluding steroid dienone is 4. The second-order valence-electron chi connectivity index (χ2n) is 6.29. The van der Waals surface area contributed by atoms with Crippen LogP contribution in [0.5, 0.6) is 0 Å². The highest BCUT2D eigenvalue weighted by Crippen LogP contribution is 2.38. The molecule has 0 aliphatic heterocycles. The fourth-order valence-corrected chi connectivity index (χ4v) is 3.62. The van der Waals surface area contributed by atoms with Gasteiger partial charge in [0, 0.05) is 0 Å². The predicted molar refractivity (Wildman–Crippen MR) is 106 cm³/mol. The van der Waals surface area contributed by atoms with E-state index < -0.39 is 0 Å². The van der Waals surface area contributed by atoms with Crippen molar-refractivity contribution in [1.82, 2.24) is 0 Å². The number of fused-ring (bicyclic) bond motifs is 1. The van der Waals surface area contributed by atoms with Gasteiger partial charge in [0.2, 0.25) is 0 Å². The van der Waals surface area contributed by atoms with E-state index in [9.17, 15) is 0 Å². The molecule has 0 radical (unpaired) electrons. The average Bonchev–Trinajstić information content (AvgIpc) is 2.99. The van der Waals surface area contributed by atoms with Gasteiger partial charge in [-0.05, 0) is 59.1 Å². The Bertz CT molecular complexity index is 790. The molecule has 0 atom stereocenters. The zero-order chi connectivity index (χ0) is 16.9. The summed E-state index contributed by atoms with van der Waals surface area (Å²) in [5.41, 5.74) is 9.59. The minimum Gasteiger partial charge on any atom is -0.103 e. The van der Waals surface area contributed by atoms with Gasteiger partial charge in [0.25, 0.3) is 0 Å². The van der Waals surface area contributed by atoms with Gasteiger partial charge in [-0.2, -0.15) is 0 Å². The molecule has 24 heavy (non-hydrogen) atoms. The maximum absolute atomic E-state index is 3.93. The molecule has 0 heteroatoms. The van der Waals surface area contributed by atoms with Crippen LogP contribution in [0.4, 0.5) is 0 Å². The fourth-order valence-electron chi connectivity index (χ4n) is 3.62. The van der Waals surface area contributed by atoms with Crippen molar-refractivity contribution in [2.45, 2.75) is 25.7 Å². The summed E-state index contributed by atoms with van der Waals surface area (Å²) >= 11 is 0. The first-order chi connectivity index (χ1) is 11.8. The van der Waals surface area contributed by atoms with Crippen LogP contribution in [-0.2, 0) is 19.3 Å². The second-order valence-corrected chi connectivity index (χ2v) is 6.29. The lowest BCUT2D eigenvalue weighted by atomic mass is 9.88. The first-order valence-electron chi connectivity index (χ1n) is 8.53. The van der Waals surface area contributed by atoms with Crippen LogP contribution >= 0.6 is 0 Å². The van der Waals surface area contributed by atoms with Crippen LogP contribution in [-0.4, -0.2) is 0 Å². The third-order valence-corrected chi connectivity index (χ3v) is 4.60. The summed E-state index contributed by atoms with van der Waals surface area (Å²) in [6.07, 6.45) is 12.1. The van der Waals surface area contributed by atoms with Crippen LogP contribution in [0.3, 0.4) is 0 Å². The number of hydrogen-bond donors (Lipinski definition) is 0. The Kier molecular flexibility index (Phi) is 4.96. The van der Waals surface area contributed by atoms with E-state index in [0.29, 0.717) is 0 Å². The van der Waals surface area contributed by atoms with Crippen LogP contribution < -0.4 is 0 Å². The van der Waals surface area contributed by atoms with Gasteiger partial charge >= 0.3 is 0 Å². The summed E-state index contributed by atoms with van der Waals surface area (Å²) in [7, 11) is 0. The largest absolute Gasteiger partial charge is 0.103 e. The molecule has 0 amide bonds. The van der Waals surface area contributed by atoms with Crippen molar-refractivity contribution in [2.24, 2.45) is 0 Å². The van der Waals surface area contributed by atoms with E-state index in [2.05, 4.69) is 62.2 Å². The highest BCUT2D eigenvalue weighted by molar-refractivity contribution is 5.84. The first-order valence-corrected chi connectivity index (χ1v) is 8.53. The summed E-state index contributed by atoms with van der Waals surface area (Å²) in [4.78, 5) is 0. The van der Waals surface area contributed by atoms with Crippen LogP contribution in [0, 0.1) is 0 Å². The molecule has 2 aromatic rings. The van der Waals surface area contributed by atoms with Crippen molar-refractivity contribution in [1.29, 1.82) is 0 Å². The van der Waals surface area contributed by atoms with E-state index in [-0.39, 0.29) is 0 Å². The van der Waals surface area contributed by atoms with Gasteiger partial charge < -0.3 is 0 Å². The molecule has 0 N–H and O–H groups in total. The number of benzene rings is 2. The molecule has 0 aromatic heterocycles. The Morgan fingerprint density at radius 3 is 2.04 bits per heavy atom. The molecule has 0 nitrogen and oxygen atoms in total. The third kappa shape index (κ3) is 3.05. The minimum absolute atomic E-state index is 0.882. The zero-order valence-electron chi connectivity index (χ0n) is 14.2. The van der Waals surface area contributed by atoms with Crippen molar-refractivity contribution in [3.63, 3.8) is 0 Å². The van der Waals surface area contributed by atoms with Crippen molar-refractivity contribution < 1.29 is 0 Å². The SMILES string of the molecule is C=CCC1=Cc2c(cccc2-c2c(CC=C)cccc2CC=C)C1. The summed E-state index contributed by atoms with van der Waals surface area (Å²) < 4.78 is 0. The van der Waals surface area contributed by atoms with Crippen molar-refractivity contribution in [2.75, 3.05) is 0 Å². The van der Waals surface area contributed by atoms with Crippen molar-refractivity contribution in [3.05, 3.63) is 102 Å². The van der Waals surface area contributed by atoms with Gasteiger partial charge in [-0.25, -0.2) is 0 Å². The summed E-state index contributed by atoms with van der Waals surface area (Å²) in [6.45, 7) is 11.7. The maximum atomic E-state index is 3.93. The summed E-state index contributed by atoms with van der Waals surface area (Å²) in [5.74, 6) is 0. The molecular formula is C24H24. The fraction of sp³-hybridized carbons (Fsp3) is 0.167. The van der Waals surface area contributed by atoms with E-state index in [1.165, 1.54) is 39.0 Å². The molecule has 120 valence electrons. The molecular weight excluding hydrogens is 288 g/mol. The quantitative estimate of drug-likeness (QED) is 0.524.